The molecule has 23 heavy (non-hydrogen) atoms. The van der Waals surface area contributed by atoms with Crippen molar-refractivity contribution in [3.05, 3.63) is 33.7 Å². The number of carboxylic acids is 1. The molecular weight excluding hydrogens is 305 g/mol. The number of halogens is 1. The van der Waals surface area contributed by atoms with Crippen LogP contribution in [0.25, 0.3) is 10.9 Å². The predicted molar refractivity (Wildman–Crippen MR) is 83.9 cm³/mol. The first-order valence-electron chi connectivity index (χ1n) is 7.16. The van der Waals surface area contributed by atoms with E-state index in [1.807, 2.05) is 0 Å². The van der Waals surface area contributed by atoms with Crippen LogP contribution in [0.5, 0.6) is 0 Å². The van der Waals surface area contributed by atoms with E-state index in [1.54, 1.807) is 4.90 Å². The number of hydrogen-bond acceptors (Lipinski definition) is 5. The van der Waals surface area contributed by atoms with E-state index in [4.69, 9.17) is 0 Å². The Morgan fingerprint density at radius 1 is 1.48 bits per heavy atom. The minimum absolute atomic E-state index is 0.0256. The summed E-state index contributed by atoms with van der Waals surface area (Å²) in [5, 5.41) is 21.4. The van der Waals surface area contributed by atoms with Gasteiger partial charge in [-0.3, -0.25) is 4.79 Å². The van der Waals surface area contributed by atoms with Crippen LogP contribution in [0.2, 0.25) is 0 Å². The van der Waals surface area contributed by atoms with Gasteiger partial charge in [0, 0.05) is 25.5 Å². The molecule has 122 valence electrons. The third kappa shape index (κ3) is 2.50. The lowest BCUT2D eigenvalue weighted by Crippen LogP contribution is -2.23. The van der Waals surface area contributed by atoms with Crippen molar-refractivity contribution >= 4 is 28.4 Å². The van der Waals surface area contributed by atoms with Gasteiger partial charge < -0.3 is 25.4 Å². The lowest BCUT2D eigenvalue weighted by Gasteiger charge is -2.19. The highest BCUT2D eigenvalue weighted by Crippen LogP contribution is 2.28. The number of carboxylic acid groups (broad SMARTS) is 1. The van der Waals surface area contributed by atoms with Crippen LogP contribution < -0.4 is 15.6 Å². The number of pyridine rings is 1. The number of aromatic amines is 1. The van der Waals surface area contributed by atoms with Crippen LogP contribution >= 0.6 is 0 Å². The first-order chi connectivity index (χ1) is 10.9. The number of anilines is 2. The summed E-state index contributed by atoms with van der Waals surface area (Å²) in [6.45, 7) is 0.832. The van der Waals surface area contributed by atoms with Crippen molar-refractivity contribution < 1.29 is 19.4 Å². The second kappa shape index (κ2) is 5.54. The van der Waals surface area contributed by atoms with Crippen molar-refractivity contribution in [1.29, 1.82) is 0 Å². The van der Waals surface area contributed by atoms with E-state index >= 15 is 0 Å². The van der Waals surface area contributed by atoms with Crippen LogP contribution in [0.1, 0.15) is 16.8 Å². The summed E-state index contributed by atoms with van der Waals surface area (Å²) in [7, 11) is 1.49. The Morgan fingerprint density at radius 2 is 2.22 bits per heavy atom. The second-order valence-electron chi connectivity index (χ2n) is 5.50. The van der Waals surface area contributed by atoms with E-state index in [0.29, 0.717) is 25.0 Å². The molecule has 7 nitrogen and oxygen atoms in total. The molecule has 2 heterocycles. The fourth-order valence-corrected chi connectivity index (χ4v) is 2.89. The van der Waals surface area contributed by atoms with E-state index in [-0.39, 0.29) is 16.9 Å². The molecule has 1 aromatic carbocycles. The molecule has 1 saturated heterocycles. The fourth-order valence-electron chi connectivity index (χ4n) is 2.89. The zero-order valence-electron chi connectivity index (χ0n) is 12.4. The Morgan fingerprint density at radius 3 is 2.78 bits per heavy atom. The number of nitrogens with one attached hydrogen (secondary N) is 2. The number of fused-ring (bicyclic) bond motifs is 1. The first-order valence-corrected chi connectivity index (χ1v) is 7.16. The number of nitrogens with zero attached hydrogens (tertiary/aromatic N) is 1. The molecule has 1 aliphatic rings. The van der Waals surface area contributed by atoms with Gasteiger partial charge in [0.1, 0.15) is 17.2 Å². The first kappa shape index (κ1) is 15.3. The highest BCUT2D eigenvalue weighted by atomic mass is 19.1. The minimum Gasteiger partial charge on any atom is -0.477 e. The number of aromatic carboxylic acids is 1. The highest BCUT2D eigenvalue weighted by molar-refractivity contribution is 5.98. The number of carbonyl (C=O) groups is 1. The third-order valence-electron chi connectivity index (χ3n) is 4.04. The summed E-state index contributed by atoms with van der Waals surface area (Å²) >= 11 is 0. The summed E-state index contributed by atoms with van der Waals surface area (Å²) in [6.07, 6.45) is 0.0414. The van der Waals surface area contributed by atoms with Gasteiger partial charge in [-0.1, -0.05) is 0 Å². The maximum absolute atomic E-state index is 14.4. The average molecular weight is 321 g/mol. The topological polar surface area (TPSA) is 106 Å². The number of aliphatic hydroxyl groups is 1. The lowest BCUT2D eigenvalue weighted by atomic mass is 10.1. The predicted octanol–water partition coefficient (Wildman–Crippen LogP) is 0.978. The molecule has 0 aliphatic carbocycles. The molecule has 0 amide bonds. The molecule has 0 spiro atoms. The molecule has 1 aromatic heterocycles. The Hall–Kier alpha value is -2.61. The van der Waals surface area contributed by atoms with Gasteiger partial charge in [0.15, 0.2) is 0 Å². The van der Waals surface area contributed by atoms with Gasteiger partial charge >= 0.3 is 5.97 Å². The van der Waals surface area contributed by atoms with E-state index in [0.717, 1.165) is 6.07 Å². The summed E-state index contributed by atoms with van der Waals surface area (Å²) in [6, 6.07) is 2.51. The maximum Gasteiger partial charge on any atom is 0.343 e. The number of benzene rings is 1. The zero-order valence-corrected chi connectivity index (χ0v) is 12.4. The smallest absolute Gasteiger partial charge is 0.343 e. The Labute approximate surface area is 130 Å². The molecule has 4 N–H and O–H groups in total. The standard InChI is InChI=1S/C15H16FN3O4/c1-17-14-12(15(22)23)13(21)8-4-9(16)11(5-10(8)18-14)19-3-2-7(20)6-19/h4-5,7,20H,2-3,6H2,1H3,(H,22,23)(H2,17,18,21). The third-order valence-corrected chi connectivity index (χ3v) is 4.04. The molecule has 0 radical (unpaired) electrons. The monoisotopic (exact) mass is 321 g/mol. The largest absolute Gasteiger partial charge is 0.477 e. The van der Waals surface area contributed by atoms with Crippen molar-refractivity contribution in [2.75, 3.05) is 30.4 Å². The Kier molecular flexibility index (Phi) is 3.69. The quantitative estimate of drug-likeness (QED) is 0.671. The molecular formula is C15H16FN3O4. The second-order valence-corrected chi connectivity index (χ2v) is 5.50. The van der Waals surface area contributed by atoms with Crippen LogP contribution in [-0.4, -0.2) is 47.4 Å². The molecule has 0 saturated carbocycles. The maximum atomic E-state index is 14.4. The molecule has 1 atom stereocenters. The summed E-state index contributed by atoms with van der Waals surface area (Å²) in [5.41, 5.74) is -0.594. The molecule has 1 unspecified atom stereocenters. The molecule has 3 rings (SSSR count). The Bertz CT molecular complexity index is 849. The van der Waals surface area contributed by atoms with Gasteiger partial charge in [-0.05, 0) is 18.6 Å². The summed E-state index contributed by atoms with van der Waals surface area (Å²) in [4.78, 5) is 28.1. The van der Waals surface area contributed by atoms with E-state index in [2.05, 4.69) is 10.3 Å². The van der Waals surface area contributed by atoms with Gasteiger partial charge in [-0.15, -0.1) is 0 Å². The molecule has 1 fully saturated rings. The van der Waals surface area contributed by atoms with Gasteiger partial charge in [0.2, 0.25) is 5.43 Å². The van der Waals surface area contributed by atoms with Crippen LogP contribution in [0.3, 0.4) is 0 Å². The summed E-state index contributed by atoms with van der Waals surface area (Å²) < 4.78 is 14.4. The van der Waals surface area contributed by atoms with Crippen molar-refractivity contribution in [1.82, 2.24) is 4.98 Å². The van der Waals surface area contributed by atoms with E-state index in [1.165, 1.54) is 13.1 Å². The van der Waals surface area contributed by atoms with Crippen LogP contribution in [-0.2, 0) is 0 Å². The molecule has 1 aliphatic heterocycles. The van der Waals surface area contributed by atoms with Gasteiger partial charge in [-0.25, -0.2) is 9.18 Å². The number of β-amino-alcohol motifs (C(OH)–C–C–N with tert-alkyl or cyclic N) is 1. The Balaban J connectivity index is 2.22. The van der Waals surface area contributed by atoms with E-state index in [9.17, 15) is 24.2 Å². The number of rotatable bonds is 3. The van der Waals surface area contributed by atoms with Crippen molar-refractivity contribution in [2.45, 2.75) is 12.5 Å². The van der Waals surface area contributed by atoms with Gasteiger partial charge in [-0.2, -0.15) is 0 Å². The van der Waals surface area contributed by atoms with Crippen LogP contribution in [0.15, 0.2) is 16.9 Å². The van der Waals surface area contributed by atoms with E-state index < -0.39 is 28.9 Å². The van der Waals surface area contributed by atoms with Gasteiger partial charge in [0.25, 0.3) is 0 Å². The molecule has 2 aromatic rings. The molecule has 8 heteroatoms. The summed E-state index contributed by atoms with van der Waals surface area (Å²) in [5.74, 6) is -1.94. The number of hydrogen-bond donors (Lipinski definition) is 4. The number of H-pyrrole nitrogens is 1. The van der Waals surface area contributed by atoms with Crippen molar-refractivity contribution in [2.24, 2.45) is 0 Å². The SMILES string of the molecule is CNc1[nH]c2cc(N3CCC(O)C3)c(F)cc2c(=O)c1C(=O)O. The van der Waals surface area contributed by atoms with Crippen molar-refractivity contribution in [3.63, 3.8) is 0 Å². The van der Waals surface area contributed by atoms with Crippen LogP contribution in [0, 0.1) is 5.82 Å². The van der Waals surface area contributed by atoms with Crippen molar-refractivity contribution in [3.8, 4) is 0 Å². The highest BCUT2D eigenvalue weighted by Gasteiger charge is 2.25. The number of aromatic nitrogens is 1. The lowest BCUT2D eigenvalue weighted by molar-refractivity contribution is 0.0696. The molecule has 0 bridgehead atoms. The average Bonchev–Trinajstić information content (AvgIpc) is 2.93. The van der Waals surface area contributed by atoms with Gasteiger partial charge in [0.05, 0.1) is 17.3 Å². The number of aliphatic hydroxyl groups excluding tert-OH is 1. The zero-order chi connectivity index (χ0) is 16.7. The fraction of sp³-hybridized carbons (Fsp3) is 0.333. The minimum atomic E-state index is -1.38. The normalized spacial score (nSPS) is 17.7. The van der Waals surface area contributed by atoms with Crippen LogP contribution in [0.4, 0.5) is 15.9 Å².